The van der Waals surface area contributed by atoms with Gasteiger partial charge in [0.2, 0.25) is 0 Å². The SMILES string of the molecule is C1CCNC1.CC(=O)c1c(O)c(C)nc2ccc(OC(F)(F)F)cc12.COC(=O)[C@@H]1CC(=O)CN1C(=O)OC(C)(C)C.COC(=O)[C@@H]1CC2(CC(=O)c3c(c(C)nc4ccc(OC(F)(F)F)cc34)O2)CN1C(=O)OC(C)(C)C. The Morgan fingerprint density at radius 1 is 0.731 bits per heavy atom. The molecule has 6 heterocycles. The van der Waals surface area contributed by atoms with Crippen LogP contribution in [0.3, 0.4) is 0 Å². The molecule has 3 saturated heterocycles. The van der Waals surface area contributed by atoms with Crippen LogP contribution in [0.2, 0.25) is 0 Å². The van der Waals surface area contributed by atoms with Crippen LogP contribution in [-0.2, 0) is 33.3 Å². The number of benzene rings is 2. The number of ether oxygens (including phenoxy) is 7. The van der Waals surface area contributed by atoms with Crippen molar-refractivity contribution in [3.8, 4) is 23.0 Å². The molecule has 78 heavy (non-hydrogen) atoms. The van der Waals surface area contributed by atoms with Crippen LogP contribution in [0.15, 0.2) is 36.4 Å². The molecule has 4 aromatic rings. The topological polar surface area (TPSA) is 249 Å². The van der Waals surface area contributed by atoms with Gasteiger partial charge in [-0.3, -0.25) is 24.2 Å². The number of aryl methyl sites for hydroxylation is 2. The van der Waals surface area contributed by atoms with Crippen LogP contribution in [0, 0.1) is 13.8 Å². The number of nitrogens with one attached hydrogen (secondary N) is 1. The molecule has 2 aromatic carbocycles. The number of Topliss-reactive ketones (excluding diaryl/α,β-unsaturated/α-hetero) is 3. The molecule has 2 amide bonds. The number of rotatable bonds is 5. The summed E-state index contributed by atoms with van der Waals surface area (Å²) < 4.78 is 109. The summed E-state index contributed by atoms with van der Waals surface area (Å²) in [6.07, 6.45) is -8.67. The van der Waals surface area contributed by atoms with Gasteiger partial charge in [0.15, 0.2) is 23.1 Å². The number of carbonyl (C=O) groups is 7. The second-order valence-corrected chi connectivity index (χ2v) is 20.4. The Balaban J connectivity index is 0.000000224. The summed E-state index contributed by atoms with van der Waals surface area (Å²) >= 11 is 0. The van der Waals surface area contributed by atoms with E-state index in [4.69, 9.17) is 18.9 Å². The Morgan fingerprint density at radius 2 is 1.22 bits per heavy atom. The number of likely N-dealkylation sites (tertiary alicyclic amines) is 2. The van der Waals surface area contributed by atoms with Crippen LogP contribution in [0.25, 0.3) is 21.8 Å². The predicted molar refractivity (Wildman–Crippen MR) is 264 cm³/mol. The molecule has 1 unspecified atom stereocenters. The average Bonchev–Trinajstić information content (AvgIpc) is 4.12. The minimum atomic E-state index is -4.91. The Labute approximate surface area is 443 Å². The molecule has 2 N–H and O–H groups in total. The number of hydrogen-bond donors (Lipinski definition) is 2. The Morgan fingerprint density at radius 3 is 1.69 bits per heavy atom. The monoisotopic (exact) mass is 1110 g/mol. The number of pyridine rings is 2. The van der Waals surface area contributed by atoms with Gasteiger partial charge in [-0.2, -0.15) is 0 Å². The van der Waals surface area contributed by atoms with Gasteiger partial charge >= 0.3 is 36.8 Å². The highest BCUT2D eigenvalue weighted by Crippen LogP contribution is 2.45. The molecule has 4 aliphatic rings. The molecule has 20 nitrogen and oxygen atoms in total. The van der Waals surface area contributed by atoms with Gasteiger partial charge in [-0.05, 0) is 125 Å². The molecule has 26 heteroatoms. The van der Waals surface area contributed by atoms with E-state index in [1.165, 1.54) is 71.0 Å². The van der Waals surface area contributed by atoms with Gasteiger partial charge in [0.05, 0.1) is 67.3 Å². The van der Waals surface area contributed by atoms with Crippen LogP contribution in [0.1, 0.15) is 113 Å². The van der Waals surface area contributed by atoms with E-state index in [2.05, 4.69) is 29.5 Å². The maximum atomic E-state index is 13.4. The lowest BCUT2D eigenvalue weighted by Gasteiger charge is -2.35. The van der Waals surface area contributed by atoms with E-state index in [9.17, 15) is 65.0 Å². The van der Waals surface area contributed by atoms with Crippen molar-refractivity contribution in [3.05, 3.63) is 58.9 Å². The molecular formula is C52H61F6N5O15. The summed E-state index contributed by atoms with van der Waals surface area (Å²) in [5.41, 5.74) is -1.61. The van der Waals surface area contributed by atoms with Gasteiger partial charge in [0.25, 0.3) is 0 Å². The van der Waals surface area contributed by atoms with Gasteiger partial charge in [-0.1, -0.05) is 0 Å². The lowest BCUT2D eigenvalue weighted by atomic mass is 9.86. The number of hydrogen-bond acceptors (Lipinski definition) is 18. The van der Waals surface area contributed by atoms with Crippen molar-refractivity contribution in [3.63, 3.8) is 0 Å². The fourth-order valence-electron chi connectivity index (χ4n) is 8.67. The summed E-state index contributed by atoms with van der Waals surface area (Å²) in [5.74, 6) is -3.59. The summed E-state index contributed by atoms with van der Waals surface area (Å²) in [6.45, 7) is 16.8. The van der Waals surface area contributed by atoms with Gasteiger partial charge in [0, 0.05) is 23.6 Å². The molecule has 426 valence electrons. The first kappa shape index (κ1) is 61.3. The lowest BCUT2D eigenvalue weighted by Crippen LogP contribution is -2.47. The first-order valence-electron chi connectivity index (χ1n) is 24.2. The zero-order valence-electron chi connectivity index (χ0n) is 44.7. The molecule has 1 spiro atoms. The number of carbonyl (C=O) groups excluding carboxylic acids is 7. The first-order chi connectivity index (χ1) is 36.0. The molecule has 0 saturated carbocycles. The fourth-order valence-corrected chi connectivity index (χ4v) is 8.67. The van der Waals surface area contributed by atoms with E-state index in [0.29, 0.717) is 16.7 Å². The average molecular weight is 1110 g/mol. The van der Waals surface area contributed by atoms with Crippen molar-refractivity contribution in [2.24, 2.45) is 0 Å². The second-order valence-electron chi connectivity index (χ2n) is 20.4. The van der Waals surface area contributed by atoms with Crippen molar-refractivity contribution in [2.45, 2.75) is 136 Å². The molecule has 4 aliphatic heterocycles. The number of nitrogens with zero attached hydrogens (tertiary/aromatic N) is 4. The normalized spacial score (nSPS) is 19.0. The van der Waals surface area contributed by atoms with Crippen molar-refractivity contribution in [2.75, 3.05) is 40.4 Å². The van der Waals surface area contributed by atoms with Gasteiger partial charge in [-0.15, -0.1) is 26.3 Å². The van der Waals surface area contributed by atoms with Crippen molar-refractivity contribution < 1.29 is 98.2 Å². The molecule has 0 radical (unpaired) electrons. The second kappa shape index (κ2) is 24.0. The van der Waals surface area contributed by atoms with E-state index in [-0.39, 0.29) is 77.2 Å². The van der Waals surface area contributed by atoms with Crippen LogP contribution in [0.4, 0.5) is 35.9 Å². The Bertz CT molecular complexity index is 2940. The number of halogens is 6. The molecule has 3 atom stereocenters. The summed E-state index contributed by atoms with van der Waals surface area (Å²) in [4.78, 5) is 95.6. The van der Waals surface area contributed by atoms with Gasteiger partial charge in [0.1, 0.15) is 46.1 Å². The number of amides is 2. The number of ketones is 3. The third-order valence-corrected chi connectivity index (χ3v) is 11.8. The smallest absolute Gasteiger partial charge is 0.505 e. The largest absolute Gasteiger partial charge is 0.573 e. The fraction of sp³-hybridized carbons (Fsp3) is 0.519. The first-order valence-corrected chi connectivity index (χ1v) is 24.2. The summed E-state index contributed by atoms with van der Waals surface area (Å²) in [7, 11) is 2.40. The maximum absolute atomic E-state index is 13.4. The molecule has 0 bridgehead atoms. The molecule has 0 aliphatic carbocycles. The van der Waals surface area contributed by atoms with E-state index < -0.39 is 88.8 Å². The molecule has 8 rings (SSSR count). The standard InChI is InChI=1S/C24H25F3N2O7.C13H10F3NO3.C11H17NO5.C4H9N/c1-12-19-18(14-8-13(34-24(25,26)27)6-7-15(14)28-12)17(30)10-23(35-19)9-16(20(31)33-5)29(11-23)21(32)36-22(2,3)4;1-6-12(19)11(7(2)18)9-5-8(20-13(14,15)16)3-4-10(9)17-6;1-11(2,3)17-10(15)12-6-7(13)5-8(12)9(14)16-4;1-2-4-5-3-1/h6-8,16H,9-11H2,1-5H3;3-5,19H,1-2H3;8H,5-6H2,1-4H3;5H,1-4H2/t16-,23?;;8-;/m0.0./s1. The number of aromatic hydroxyl groups is 1. The number of fused-ring (bicyclic) bond motifs is 4. The summed E-state index contributed by atoms with van der Waals surface area (Å²) in [6, 6.07) is 5.05. The highest BCUT2D eigenvalue weighted by molar-refractivity contribution is 6.12. The molecule has 2 aromatic heterocycles. The van der Waals surface area contributed by atoms with E-state index in [1.807, 2.05) is 0 Å². The number of alkyl halides is 6. The van der Waals surface area contributed by atoms with Crippen molar-refractivity contribution >= 4 is 63.3 Å². The molecule has 3 fully saturated rings. The van der Waals surface area contributed by atoms with E-state index >= 15 is 0 Å². The number of esters is 2. The van der Waals surface area contributed by atoms with Crippen molar-refractivity contribution in [1.82, 2.24) is 25.1 Å². The third kappa shape index (κ3) is 16.0. The zero-order chi connectivity index (χ0) is 58.5. The van der Waals surface area contributed by atoms with Crippen LogP contribution < -0.4 is 19.5 Å². The van der Waals surface area contributed by atoms with Crippen molar-refractivity contribution in [1.29, 1.82) is 0 Å². The Kier molecular flexibility index (Phi) is 18.9. The Hall–Kier alpha value is -7.51. The number of methoxy groups -OCH3 is 2. The van der Waals surface area contributed by atoms with Crippen LogP contribution in [0.5, 0.6) is 23.0 Å². The summed E-state index contributed by atoms with van der Waals surface area (Å²) in [5, 5.41) is 13.3. The van der Waals surface area contributed by atoms with Gasteiger partial charge in [-0.25, -0.2) is 29.1 Å². The minimum absolute atomic E-state index is 0.00802. The third-order valence-electron chi connectivity index (χ3n) is 11.8. The van der Waals surface area contributed by atoms with Crippen LogP contribution in [-0.4, -0.2) is 148 Å². The van der Waals surface area contributed by atoms with E-state index in [1.54, 1.807) is 48.5 Å². The highest BCUT2D eigenvalue weighted by Gasteiger charge is 2.55. The maximum Gasteiger partial charge on any atom is 0.573 e. The predicted octanol–water partition coefficient (Wildman–Crippen LogP) is 8.79. The molecular weight excluding hydrogens is 1050 g/mol. The van der Waals surface area contributed by atoms with Crippen LogP contribution >= 0.6 is 0 Å². The van der Waals surface area contributed by atoms with E-state index in [0.717, 1.165) is 29.2 Å². The lowest BCUT2D eigenvalue weighted by molar-refractivity contribution is -0.275. The quantitative estimate of drug-likeness (QED) is 0.0820. The number of aromatic nitrogens is 2. The van der Waals surface area contributed by atoms with Gasteiger partial charge < -0.3 is 43.6 Å². The zero-order valence-corrected chi connectivity index (χ0v) is 44.7. The highest BCUT2D eigenvalue weighted by atomic mass is 19.4. The minimum Gasteiger partial charge on any atom is -0.505 e.